The minimum absolute atomic E-state index is 0.525. The molecule has 0 spiro atoms. The Hall–Kier alpha value is -1.07. The number of aromatic amines is 1. The molecule has 2 N–H and O–H groups in total. The highest BCUT2D eigenvalue weighted by molar-refractivity contribution is 7.14. The lowest BCUT2D eigenvalue weighted by molar-refractivity contribution is 1.07. The summed E-state index contributed by atoms with van der Waals surface area (Å²) in [6, 6.07) is 0. The number of thiazole rings is 1. The van der Waals surface area contributed by atoms with Crippen LogP contribution >= 0.6 is 22.9 Å². The first-order chi connectivity index (χ1) is 6.34. The van der Waals surface area contributed by atoms with Crippen LogP contribution in [0.3, 0.4) is 0 Å². The number of anilines is 1. The van der Waals surface area contributed by atoms with Crippen molar-refractivity contribution in [3.63, 3.8) is 0 Å². The predicted molar refractivity (Wildman–Crippen MR) is 53.0 cm³/mol. The molecule has 0 fully saturated rings. The highest BCUT2D eigenvalue weighted by atomic mass is 35.5. The van der Waals surface area contributed by atoms with Crippen LogP contribution in [0, 0.1) is 0 Å². The second kappa shape index (κ2) is 3.76. The lowest BCUT2D eigenvalue weighted by atomic mass is 10.5. The van der Waals surface area contributed by atoms with E-state index in [2.05, 4.69) is 20.3 Å². The quantitative estimate of drug-likeness (QED) is 0.823. The average Bonchev–Trinajstić information content (AvgIpc) is 2.71. The molecule has 2 rings (SSSR count). The van der Waals surface area contributed by atoms with Crippen LogP contribution in [0.1, 0.15) is 5.69 Å². The maximum Gasteiger partial charge on any atom is 0.184 e. The zero-order valence-corrected chi connectivity index (χ0v) is 8.19. The first-order valence-corrected chi connectivity index (χ1v) is 4.92. The SMILES string of the molecule is Clc1csc(NCc2cnc[nH]2)n1. The van der Waals surface area contributed by atoms with Gasteiger partial charge in [-0.05, 0) is 0 Å². The van der Waals surface area contributed by atoms with E-state index in [4.69, 9.17) is 11.6 Å². The van der Waals surface area contributed by atoms with Gasteiger partial charge in [-0.3, -0.25) is 0 Å². The van der Waals surface area contributed by atoms with E-state index in [9.17, 15) is 0 Å². The summed E-state index contributed by atoms with van der Waals surface area (Å²) in [4.78, 5) is 10.9. The van der Waals surface area contributed by atoms with Crippen LogP contribution in [0.5, 0.6) is 0 Å². The minimum atomic E-state index is 0.525. The maximum atomic E-state index is 5.66. The smallest absolute Gasteiger partial charge is 0.184 e. The lowest BCUT2D eigenvalue weighted by Crippen LogP contribution is -1.98. The summed E-state index contributed by atoms with van der Waals surface area (Å²) in [5.74, 6) is 0. The second-order valence-electron chi connectivity index (χ2n) is 2.41. The number of hydrogen-bond donors (Lipinski definition) is 2. The molecule has 0 atom stereocenters. The van der Waals surface area contributed by atoms with Crippen molar-refractivity contribution in [3.05, 3.63) is 28.8 Å². The number of nitrogens with one attached hydrogen (secondary N) is 2. The Bertz CT molecular complexity index is 370. The lowest BCUT2D eigenvalue weighted by Gasteiger charge is -1.97. The van der Waals surface area contributed by atoms with E-state index in [0.717, 1.165) is 10.8 Å². The molecule has 0 aliphatic rings. The van der Waals surface area contributed by atoms with E-state index >= 15 is 0 Å². The van der Waals surface area contributed by atoms with Gasteiger partial charge in [-0.1, -0.05) is 11.6 Å². The summed E-state index contributed by atoms with van der Waals surface area (Å²) < 4.78 is 0. The van der Waals surface area contributed by atoms with Gasteiger partial charge >= 0.3 is 0 Å². The Labute approximate surface area is 84.0 Å². The predicted octanol–water partition coefficient (Wildman–Crippen LogP) is 2.13. The van der Waals surface area contributed by atoms with Gasteiger partial charge in [0.05, 0.1) is 18.6 Å². The molecule has 2 heterocycles. The zero-order valence-electron chi connectivity index (χ0n) is 6.62. The van der Waals surface area contributed by atoms with Crippen molar-refractivity contribution in [1.82, 2.24) is 15.0 Å². The van der Waals surface area contributed by atoms with Crippen molar-refractivity contribution in [2.24, 2.45) is 0 Å². The van der Waals surface area contributed by atoms with Crippen LogP contribution in [-0.2, 0) is 6.54 Å². The molecule has 0 saturated carbocycles. The summed E-state index contributed by atoms with van der Waals surface area (Å²) in [5.41, 5.74) is 1.02. The first-order valence-electron chi connectivity index (χ1n) is 3.67. The molecule has 0 amide bonds. The van der Waals surface area contributed by atoms with Crippen molar-refractivity contribution >= 4 is 28.1 Å². The zero-order chi connectivity index (χ0) is 9.10. The molecule has 2 aromatic rings. The highest BCUT2D eigenvalue weighted by Gasteiger charge is 1.98. The van der Waals surface area contributed by atoms with Gasteiger partial charge in [-0.15, -0.1) is 11.3 Å². The van der Waals surface area contributed by atoms with E-state index < -0.39 is 0 Å². The second-order valence-corrected chi connectivity index (χ2v) is 3.65. The van der Waals surface area contributed by atoms with Gasteiger partial charge in [-0.2, -0.15) is 0 Å². The number of hydrogen-bond acceptors (Lipinski definition) is 4. The molecule has 2 aromatic heterocycles. The van der Waals surface area contributed by atoms with Gasteiger partial charge in [0.15, 0.2) is 5.13 Å². The number of nitrogens with zero attached hydrogens (tertiary/aromatic N) is 2. The van der Waals surface area contributed by atoms with Crippen LogP contribution in [-0.4, -0.2) is 15.0 Å². The number of imidazole rings is 1. The molecule has 0 saturated heterocycles. The largest absolute Gasteiger partial charge is 0.356 e. The van der Waals surface area contributed by atoms with Gasteiger partial charge in [0, 0.05) is 11.6 Å². The van der Waals surface area contributed by atoms with Crippen molar-refractivity contribution < 1.29 is 0 Å². The molecule has 0 aliphatic heterocycles. The average molecular weight is 215 g/mol. The topological polar surface area (TPSA) is 53.6 Å². The van der Waals surface area contributed by atoms with Gasteiger partial charge in [0.2, 0.25) is 0 Å². The summed E-state index contributed by atoms with van der Waals surface area (Å²) in [5, 5.41) is 6.25. The van der Waals surface area contributed by atoms with E-state index in [1.807, 2.05) is 0 Å². The van der Waals surface area contributed by atoms with Gasteiger partial charge in [0.25, 0.3) is 0 Å². The van der Waals surface area contributed by atoms with Crippen molar-refractivity contribution in [1.29, 1.82) is 0 Å². The molecule has 0 aromatic carbocycles. The molecule has 13 heavy (non-hydrogen) atoms. The van der Waals surface area contributed by atoms with Crippen LogP contribution in [0.4, 0.5) is 5.13 Å². The molecule has 6 heteroatoms. The number of rotatable bonds is 3. The Kier molecular flexibility index (Phi) is 2.47. The third kappa shape index (κ3) is 2.19. The van der Waals surface area contributed by atoms with Gasteiger partial charge < -0.3 is 10.3 Å². The molecule has 0 aliphatic carbocycles. The fourth-order valence-electron chi connectivity index (χ4n) is 0.888. The van der Waals surface area contributed by atoms with E-state index in [1.165, 1.54) is 11.3 Å². The number of halogens is 1. The molecular formula is C7H7ClN4S. The molecular weight excluding hydrogens is 208 g/mol. The van der Waals surface area contributed by atoms with E-state index in [1.54, 1.807) is 17.9 Å². The normalized spacial score (nSPS) is 10.2. The van der Waals surface area contributed by atoms with Crippen molar-refractivity contribution in [3.8, 4) is 0 Å². The fourth-order valence-corrected chi connectivity index (χ4v) is 1.72. The Morgan fingerprint density at radius 1 is 1.62 bits per heavy atom. The Morgan fingerprint density at radius 2 is 2.54 bits per heavy atom. The first kappa shape index (κ1) is 8.52. The fraction of sp³-hybridized carbons (Fsp3) is 0.143. The maximum absolute atomic E-state index is 5.66. The van der Waals surface area contributed by atoms with E-state index in [-0.39, 0.29) is 0 Å². The van der Waals surface area contributed by atoms with Crippen LogP contribution in [0.15, 0.2) is 17.9 Å². The molecule has 0 radical (unpaired) electrons. The third-order valence-electron chi connectivity index (χ3n) is 1.46. The molecule has 68 valence electrons. The van der Waals surface area contributed by atoms with Crippen molar-refractivity contribution in [2.75, 3.05) is 5.32 Å². The summed E-state index contributed by atoms with van der Waals surface area (Å²) in [6.45, 7) is 0.684. The standard InChI is InChI=1S/C7H7ClN4S/c8-6-3-13-7(12-6)10-2-5-1-9-4-11-5/h1,3-4H,2H2,(H,9,11)(H,10,12). The third-order valence-corrected chi connectivity index (χ3v) is 2.58. The monoisotopic (exact) mass is 214 g/mol. The van der Waals surface area contributed by atoms with Gasteiger partial charge in [0.1, 0.15) is 5.15 Å². The molecule has 4 nitrogen and oxygen atoms in total. The molecule has 0 unspecified atom stereocenters. The van der Waals surface area contributed by atoms with Crippen LogP contribution < -0.4 is 5.32 Å². The minimum Gasteiger partial charge on any atom is -0.356 e. The van der Waals surface area contributed by atoms with Crippen LogP contribution in [0.2, 0.25) is 5.15 Å². The number of aromatic nitrogens is 3. The Balaban J connectivity index is 1.93. The highest BCUT2D eigenvalue weighted by Crippen LogP contribution is 2.18. The van der Waals surface area contributed by atoms with E-state index in [0.29, 0.717) is 11.7 Å². The van der Waals surface area contributed by atoms with Crippen LogP contribution in [0.25, 0.3) is 0 Å². The number of H-pyrrole nitrogens is 1. The summed E-state index contributed by atoms with van der Waals surface area (Å²) >= 11 is 7.14. The Morgan fingerprint density at radius 3 is 3.15 bits per heavy atom. The van der Waals surface area contributed by atoms with Crippen molar-refractivity contribution in [2.45, 2.75) is 6.54 Å². The summed E-state index contributed by atoms with van der Waals surface area (Å²) in [7, 11) is 0. The van der Waals surface area contributed by atoms with Gasteiger partial charge in [-0.25, -0.2) is 9.97 Å². The summed E-state index contributed by atoms with van der Waals surface area (Å²) in [6.07, 6.45) is 3.41. The molecule has 0 bridgehead atoms.